The topological polar surface area (TPSA) is 57.4 Å². The highest BCUT2D eigenvalue weighted by atomic mass is 16.3. The number of aromatic nitrogens is 3. The van der Waals surface area contributed by atoms with Gasteiger partial charge in [-0.2, -0.15) is 0 Å². The Morgan fingerprint density at radius 2 is 1.90 bits per heavy atom. The monoisotopic (exact) mass is 391 g/mol. The molecule has 0 bridgehead atoms. The Kier molecular flexibility index (Phi) is 5.92. The summed E-state index contributed by atoms with van der Waals surface area (Å²) in [6.45, 7) is 3.74. The van der Waals surface area contributed by atoms with Crippen LogP contribution in [-0.4, -0.2) is 56.8 Å². The molecule has 0 radical (unpaired) electrons. The van der Waals surface area contributed by atoms with Crippen LogP contribution in [0.4, 0.5) is 5.69 Å². The van der Waals surface area contributed by atoms with Crippen LogP contribution in [0.15, 0.2) is 67.3 Å². The number of imidazole rings is 1. The van der Waals surface area contributed by atoms with Crippen LogP contribution in [0, 0.1) is 0 Å². The Bertz CT molecular complexity index is 898. The highest BCUT2D eigenvalue weighted by molar-refractivity contribution is 5.45. The summed E-state index contributed by atoms with van der Waals surface area (Å²) in [5.41, 5.74) is 1.65. The molecule has 6 nitrogen and oxygen atoms in total. The molecule has 0 saturated carbocycles. The van der Waals surface area contributed by atoms with Gasteiger partial charge in [-0.05, 0) is 37.6 Å². The van der Waals surface area contributed by atoms with Crippen LogP contribution >= 0.6 is 0 Å². The third kappa shape index (κ3) is 5.02. The second kappa shape index (κ2) is 8.76. The van der Waals surface area contributed by atoms with Crippen LogP contribution in [0.25, 0.3) is 0 Å². The predicted octanol–water partition coefficient (Wildman–Crippen LogP) is 2.79. The van der Waals surface area contributed by atoms with Crippen molar-refractivity contribution in [3.63, 3.8) is 0 Å². The van der Waals surface area contributed by atoms with Gasteiger partial charge >= 0.3 is 0 Å². The summed E-state index contributed by atoms with van der Waals surface area (Å²) in [5.74, 6) is 1.02. The van der Waals surface area contributed by atoms with Gasteiger partial charge in [0.25, 0.3) is 0 Å². The lowest BCUT2D eigenvalue weighted by atomic mass is 9.92. The number of benzene rings is 1. The molecule has 0 amide bonds. The van der Waals surface area contributed by atoms with E-state index in [0.29, 0.717) is 19.6 Å². The van der Waals surface area contributed by atoms with Gasteiger partial charge in [0, 0.05) is 56.7 Å². The minimum absolute atomic E-state index is 0.618. The summed E-state index contributed by atoms with van der Waals surface area (Å²) < 4.78 is 2.18. The maximum Gasteiger partial charge on any atom is 0.123 e. The number of rotatable bonds is 7. The molecule has 3 aromatic rings. The van der Waals surface area contributed by atoms with E-state index in [9.17, 15) is 5.11 Å². The third-order valence-corrected chi connectivity index (χ3v) is 5.56. The van der Waals surface area contributed by atoms with Crippen molar-refractivity contribution in [3.05, 3.63) is 78.6 Å². The minimum atomic E-state index is -0.729. The molecule has 2 aromatic heterocycles. The molecular formula is C23H29N5O. The van der Waals surface area contributed by atoms with Gasteiger partial charge in [0.2, 0.25) is 0 Å². The van der Waals surface area contributed by atoms with E-state index >= 15 is 0 Å². The van der Waals surface area contributed by atoms with E-state index in [4.69, 9.17) is 0 Å². The first kappa shape index (κ1) is 19.6. The van der Waals surface area contributed by atoms with E-state index in [0.717, 1.165) is 37.4 Å². The quantitative estimate of drug-likeness (QED) is 0.671. The second-order valence-corrected chi connectivity index (χ2v) is 8.08. The summed E-state index contributed by atoms with van der Waals surface area (Å²) in [5, 5.41) is 11.3. The van der Waals surface area contributed by atoms with E-state index < -0.39 is 5.60 Å². The Hall–Kier alpha value is -2.70. The zero-order chi connectivity index (χ0) is 20.1. The molecule has 4 rings (SSSR count). The number of β-amino-alcohol motifs (C(OH)–C–C–N with tert-alkyl or cyclic N) is 1. The molecule has 1 atom stereocenters. The van der Waals surface area contributed by atoms with Crippen molar-refractivity contribution in [2.24, 2.45) is 0 Å². The Morgan fingerprint density at radius 3 is 2.69 bits per heavy atom. The standard InChI is InChI=1S/C23H29N5O/c1-26(17-22-25-13-15-27(22)16-20-6-3-2-4-7-20)18-23(29)10-5-14-28(19-23)21-8-11-24-12-9-21/h2-4,6-9,11-13,15,29H,5,10,14,16-19H2,1H3. The maximum atomic E-state index is 11.3. The van der Waals surface area contributed by atoms with E-state index in [1.807, 2.05) is 43.0 Å². The van der Waals surface area contributed by atoms with E-state index in [-0.39, 0.29) is 0 Å². The van der Waals surface area contributed by atoms with Gasteiger partial charge in [0.1, 0.15) is 5.82 Å². The number of likely N-dealkylation sites (N-methyl/N-ethyl adjacent to an activating group) is 1. The van der Waals surface area contributed by atoms with Crippen LogP contribution in [-0.2, 0) is 13.1 Å². The molecule has 6 heteroatoms. The van der Waals surface area contributed by atoms with Crippen molar-refractivity contribution in [1.29, 1.82) is 0 Å². The summed E-state index contributed by atoms with van der Waals surface area (Å²) >= 11 is 0. The lowest BCUT2D eigenvalue weighted by molar-refractivity contribution is -0.00395. The SMILES string of the molecule is CN(Cc1nccn1Cc1ccccc1)CC1(O)CCCN(c2ccncc2)C1. The molecule has 29 heavy (non-hydrogen) atoms. The zero-order valence-electron chi connectivity index (χ0n) is 17.0. The first-order chi connectivity index (χ1) is 14.1. The van der Waals surface area contributed by atoms with Gasteiger partial charge in [-0.15, -0.1) is 0 Å². The van der Waals surface area contributed by atoms with Gasteiger partial charge in [-0.3, -0.25) is 9.88 Å². The van der Waals surface area contributed by atoms with Crippen LogP contribution in [0.1, 0.15) is 24.2 Å². The molecule has 1 aliphatic heterocycles. The molecule has 152 valence electrons. The molecule has 3 heterocycles. The maximum absolute atomic E-state index is 11.3. The zero-order valence-corrected chi connectivity index (χ0v) is 17.0. The fourth-order valence-electron chi connectivity index (χ4n) is 4.23. The third-order valence-electron chi connectivity index (χ3n) is 5.56. The summed E-state index contributed by atoms with van der Waals surface area (Å²) in [4.78, 5) is 13.1. The van der Waals surface area contributed by atoms with Crippen molar-refractivity contribution in [2.45, 2.75) is 31.5 Å². The van der Waals surface area contributed by atoms with Crippen LogP contribution < -0.4 is 4.90 Å². The summed E-state index contributed by atoms with van der Waals surface area (Å²) in [6, 6.07) is 14.4. The molecular weight excluding hydrogens is 362 g/mol. The van der Waals surface area contributed by atoms with Gasteiger partial charge < -0.3 is 14.6 Å². The van der Waals surface area contributed by atoms with E-state index in [1.54, 1.807) is 0 Å². The van der Waals surface area contributed by atoms with Gasteiger partial charge in [0.15, 0.2) is 0 Å². The molecule has 0 spiro atoms. The Morgan fingerprint density at radius 1 is 1.10 bits per heavy atom. The number of aliphatic hydroxyl groups is 1. The van der Waals surface area contributed by atoms with Crippen LogP contribution in [0.2, 0.25) is 0 Å². The number of hydrogen-bond acceptors (Lipinski definition) is 5. The van der Waals surface area contributed by atoms with Gasteiger partial charge in [-0.1, -0.05) is 30.3 Å². The Balaban J connectivity index is 1.38. The first-order valence-corrected chi connectivity index (χ1v) is 10.2. The summed E-state index contributed by atoms with van der Waals surface area (Å²) in [6.07, 6.45) is 9.29. The van der Waals surface area contributed by atoms with Crippen LogP contribution in [0.5, 0.6) is 0 Å². The second-order valence-electron chi connectivity index (χ2n) is 8.08. The first-order valence-electron chi connectivity index (χ1n) is 10.2. The average molecular weight is 392 g/mol. The molecule has 1 aromatic carbocycles. The number of pyridine rings is 1. The number of nitrogens with zero attached hydrogens (tertiary/aromatic N) is 5. The normalized spacial score (nSPS) is 19.6. The smallest absolute Gasteiger partial charge is 0.123 e. The molecule has 1 N–H and O–H groups in total. The predicted molar refractivity (Wildman–Crippen MR) is 115 cm³/mol. The van der Waals surface area contributed by atoms with Gasteiger partial charge in [-0.25, -0.2) is 4.98 Å². The lowest BCUT2D eigenvalue weighted by Gasteiger charge is -2.42. The number of anilines is 1. The number of hydrogen-bond donors (Lipinski definition) is 1. The van der Waals surface area contributed by atoms with E-state index in [2.05, 4.69) is 55.6 Å². The molecule has 1 saturated heterocycles. The molecule has 1 aliphatic rings. The molecule has 1 unspecified atom stereocenters. The average Bonchev–Trinajstić information content (AvgIpc) is 3.15. The highest BCUT2D eigenvalue weighted by Gasteiger charge is 2.34. The fourth-order valence-corrected chi connectivity index (χ4v) is 4.23. The van der Waals surface area contributed by atoms with Crippen molar-refractivity contribution < 1.29 is 5.11 Å². The Labute approximate surface area is 172 Å². The largest absolute Gasteiger partial charge is 0.387 e. The van der Waals surface area contributed by atoms with Crippen molar-refractivity contribution >= 4 is 5.69 Å². The lowest BCUT2D eigenvalue weighted by Crippen LogP contribution is -2.53. The molecule has 1 fully saturated rings. The van der Waals surface area contributed by atoms with Gasteiger partial charge in [0.05, 0.1) is 12.1 Å². The van der Waals surface area contributed by atoms with Crippen molar-refractivity contribution in [3.8, 4) is 0 Å². The highest BCUT2D eigenvalue weighted by Crippen LogP contribution is 2.26. The van der Waals surface area contributed by atoms with Crippen molar-refractivity contribution in [2.75, 3.05) is 31.6 Å². The van der Waals surface area contributed by atoms with Crippen molar-refractivity contribution in [1.82, 2.24) is 19.4 Å². The van der Waals surface area contributed by atoms with E-state index in [1.165, 1.54) is 5.56 Å². The van der Waals surface area contributed by atoms with Crippen LogP contribution in [0.3, 0.4) is 0 Å². The minimum Gasteiger partial charge on any atom is -0.387 e. The molecule has 0 aliphatic carbocycles. The summed E-state index contributed by atoms with van der Waals surface area (Å²) in [7, 11) is 2.06. The number of piperidine rings is 1. The fraction of sp³-hybridized carbons (Fsp3) is 0.391.